The summed E-state index contributed by atoms with van der Waals surface area (Å²) in [6.07, 6.45) is 0. The van der Waals surface area contributed by atoms with E-state index in [0.29, 0.717) is 36.4 Å². The number of carbonyl (C=O) groups is 1. The molecule has 1 unspecified atom stereocenters. The summed E-state index contributed by atoms with van der Waals surface area (Å²) in [5.74, 6) is 0.455. The highest BCUT2D eigenvalue weighted by molar-refractivity contribution is 5.91. The molecule has 146 valence electrons. The summed E-state index contributed by atoms with van der Waals surface area (Å²) in [6, 6.07) is 14.9. The van der Waals surface area contributed by atoms with Gasteiger partial charge in [-0.15, -0.1) is 0 Å². The maximum Gasteiger partial charge on any atom is 0.279 e. The Balaban J connectivity index is 1.72. The van der Waals surface area contributed by atoms with Crippen molar-refractivity contribution in [2.24, 2.45) is 0 Å². The lowest BCUT2D eigenvalue weighted by molar-refractivity contribution is -0.906. The van der Waals surface area contributed by atoms with E-state index < -0.39 is 0 Å². The second-order valence-electron chi connectivity index (χ2n) is 6.79. The number of benzene rings is 2. The SMILES string of the molecule is COCC[NH+](CC(=O)Nc1ccc(C)cc1)Cc1nc2ccccc2c(=O)[nH]1. The molecule has 1 heterocycles. The van der Waals surface area contributed by atoms with E-state index in [0.717, 1.165) is 16.2 Å². The minimum Gasteiger partial charge on any atom is -0.379 e. The number of amides is 1. The smallest absolute Gasteiger partial charge is 0.279 e. The minimum atomic E-state index is -0.171. The lowest BCUT2D eigenvalue weighted by Crippen LogP contribution is -3.12. The number of nitrogens with one attached hydrogen (secondary N) is 3. The molecule has 1 aromatic heterocycles. The highest BCUT2D eigenvalue weighted by Crippen LogP contribution is 2.08. The molecule has 7 nitrogen and oxygen atoms in total. The lowest BCUT2D eigenvalue weighted by Gasteiger charge is -2.18. The molecule has 28 heavy (non-hydrogen) atoms. The highest BCUT2D eigenvalue weighted by Gasteiger charge is 2.17. The van der Waals surface area contributed by atoms with E-state index in [4.69, 9.17) is 4.74 Å². The Morgan fingerprint density at radius 2 is 1.93 bits per heavy atom. The number of aryl methyl sites for hydroxylation is 1. The zero-order valence-corrected chi connectivity index (χ0v) is 16.1. The first-order valence-corrected chi connectivity index (χ1v) is 9.22. The zero-order valence-electron chi connectivity index (χ0n) is 16.1. The van der Waals surface area contributed by atoms with Crippen LogP contribution in [0, 0.1) is 6.92 Å². The molecule has 3 N–H and O–H groups in total. The summed E-state index contributed by atoms with van der Waals surface area (Å²) in [7, 11) is 1.63. The molecule has 7 heteroatoms. The van der Waals surface area contributed by atoms with Crippen LogP contribution in [0.2, 0.25) is 0 Å². The van der Waals surface area contributed by atoms with Crippen molar-refractivity contribution >= 4 is 22.5 Å². The number of methoxy groups -OCH3 is 1. The van der Waals surface area contributed by atoms with Crippen molar-refractivity contribution in [3.05, 3.63) is 70.3 Å². The van der Waals surface area contributed by atoms with Crippen LogP contribution in [0.5, 0.6) is 0 Å². The summed E-state index contributed by atoms with van der Waals surface area (Å²) >= 11 is 0. The van der Waals surface area contributed by atoms with Crippen LogP contribution in [-0.4, -0.2) is 42.7 Å². The van der Waals surface area contributed by atoms with Gasteiger partial charge >= 0.3 is 0 Å². The number of carbonyl (C=O) groups excluding carboxylic acids is 1. The van der Waals surface area contributed by atoms with Gasteiger partial charge in [-0.25, -0.2) is 4.98 Å². The molecule has 0 aliphatic rings. The van der Waals surface area contributed by atoms with Crippen molar-refractivity contribution < 1.29 is 14.4 Å². The topological polar surface area (TPSA) is 88.5 Å². The van der Waals surface area contributed by atoms with Gasteiger partial charge in [0.25, 0.3) is 11.5 Å². The average molecular weight is 381 g/mol. The van der Waals surface area contributed by atoms with Crippen LogP contribution in [0.15, 0.2) is 53.3 Å². The molecule has 2 aromatic carbocycles. The molecule has 1 amide bonds. The number of aromatic nitrogens is 2. The van der Waals surface area contributed by atoms with Crippen molar-refractivity contribution in [1.29, 1.82) is 0 Å². The molecule has 3 rings (SSSR count). The number of anilines is 1. The second kappa shape index (κ2) is 9.25. The Morgan fingerprint density at radius 1 is 1.18 bits per heavy atom. The van der Waals surface area contributed by atoms with E-state index in [1.54, 1.807) is 13.2 Å². The van der Waals surface area contributed by atoms with Gasteiger partial charge in [0.2, 0.25) is 0 Å². The van der Waals surface area contributed by atoms with Crippen LogP contribution < -0.4 is 15.8 Å². The van der Waals surface area contributed by atoms with Crippen molar-refractivity contribution in [3.63, 3.8) is 0 Å². The van der Waals surface area contributed by atoms with Crippen LogP contribution in [0.3, 0.4) is 0 Å². The van der Waals surface area contributed by atoms with Gasteiger partial charge in [-0.1, -0.05) is 29.8 Å². The number of quaternary nitrogens is 1. The maximum atomic E-state index is 12.5. The van der Waals surface area contributed by atoms with Gasteiger partial charge in [0.1, 0.15) is 13.1 Å². The minimum absolute atomic E-state index is 0.0990. The largest absolute Gasteiger partial charge is 0.379 e. The van der Waals surface area contributed by atoms with Crippen LogP contribution >= 0.6 is 0 Å². The van der Waals surface area contributed by atoms with Crippen molar-refractivity contribution in [2.75, 3.05) is 32.1 Å². The maximum absolute atomic E-state index is 12.5. The monoisotopic (exact) mass is 381 g/mol. The van der Waals surface area contributed by atoms with E-state index in [9.17, 15) is 9.59 Å². The third-order valence-corrected chi connectivity index (χ3v) is 4.48. The van der Waals surface area contributed by atoms with Gasteiger partial charge in [-0.2, -0.15) is 0 Å². The Labute approximate surface area is 163 Å². The molecule has 3 aromatic rings. The molecule has 0 bridgehead atoms. The summed E-state index contributed by atoms with van der Waals surface area (Å²) in [4.78, 5) is 33.1. The first-order chi connectivity index (χ1) is 13.5. The number of nitrogens with zero attached hydrogens (tertiary/aromatic N) is 1. The van der Waals surface area contributed by atoms with Crippen LogP contribution in [0.25, 0.3) is 10.9 Å². The molecule has 0 fully saturated rings. The summed E-state index contributed by atoms with van der Waals surface area (Å²) < 4.78 is 5.17. The number of fused-ring (bicyclic) bond motifs is 1. The molecule has 0 aliphatic heterocycles. The Bertz CT molecular complexity index is 998. The Morgan fingerprint density at radius 3 is 2.68 bits per heavy atom. The normalized spacial score (nSPS) is 12.1. The fourth-order valence-electron chi connectivity index (χ4n) is 3.01. The summed E-state index contributed by atoms with van der Waals surface area (Å²) in [5.41, 5.74) is 2.38. The number of hydrogen-bond donors (Lipinski definition) is 3. The van der Waals surface area contributed by atoms with E-state index in [1.807, 2.05) is 49.4 Å². The molecule has 0 saturated heterocycles. The zero-order chi connectivity index (χ0) is 19.9. The van der Waals surface area contributed by atoms with Gasteiger partial charge in [0, 0.05) is 12.8 Å². The van der Waals surface area contributed by atoms with E-state index in [-0.39, 0.29) is 18.0 Å². The summed E-state index contributed by atoms with van der Waals surface area (Å²) in [5, 5.41) is 3.47. The molecule has 0 aliphatic carbocycles. The fraction of sp³-hybridized carbons (Fsp3) is 0.286. The van der Waals surface area contributed by atoms with Crippen LogP contribution in [-0.2, 0) is 16.1 Å². The van der Waals surface area contributed by atoms with Crippen molar-refractivity contribution in [1.82, 2.24) is 9.97 Å². The Hall–Kier alpha value is -3.03. The van der Waals surface area contributed by atoms with Crippen LogP contribution in [0.1, 0.15) is 11.4 Å². The third kappa shape index (κ3) is 5.25. The average Bonchev–Trinajstić information content (AvgIpc) is 2.68. The number of para-hydroxylation sites is 1. The summed E-state index contributed by atoms with van der Waals surface area (Å²) in [6.45, 7) is 3.79. The van der Waals surface area contributed by atoms with Gasteiger partial charge in [-0.05, 0) is 31.2 Å². The van der Waals surface area contributed by atoms with Gasteiger partial charge < -0.3 is 19.9 Å². The molecule has 0 radical (unpaired) electrons. The van der Waals surface area contributed by atoms with Crippen LogP contribution in [0.4, 0.5) is 5.69 Å². The number of aromatic amines is 1. The highest BCUT2D eigenvalue weighted by atomic mass is 16.5. The predicted molar refractivity (Wildman–Crippen MR) is 108 cm³/mol. The van der Waals surface area contributed by atoms with Crippen molar-refractivity contribution in [3.8, 4) is 0 Å². The molecular weight excluding hydrogens is 356 g/mol. The first kappa shape index (κ1) is 19.7. The number of ether oxygens (including phenoxy) is 1. The quantitative estimate of drug-likeness (QED) is 0.541. The van der Waals surface area contributed by atoms with E-state index in [1.165, 1.54) is 0 Å². The fourth-order valence-corrected chi connectivity index (χ4v) is 3.01. The van der Waals surface area contributed by atoms with Crippen molar-refractivity contribution in [2.45, 2.75) is 13.5 Å². The molecular formula is C21H25N4O3+. The van der Waals surface area contributed by atoms with Gasteiger partial charge in [0.05, 0.1) is 17.5 Å². The van der Waals surface area contributed by atoms with E-state index in [2.05, 4.69) is 15.3 Å². The molecule has 0 spiro atoms. The number of hydrogen-bond acceptors (Lipinski definition) is 4. The second-order valence-corrected chi connectivity index (χ2v) is 6.79. The molecule has 0 saturated carbocycles. The number of H-pyrrole nitrogens is 1. The first-order valence-electron chi connectivity index (χ1n) is 9.22. The van der Waals surface area contributed by atoms with E-state index >= 15 is 0 Å². The number of rotatable bonds is 8. The predicted octanol–water partition coefficient (Wildman–Crippen LogP) is 0.902. The lowest BCUT2D eigenvalue weighted by atomic mass is 10.2. The molecule has 1 atom stereocenters. The Kier molecular flexibility index (Phi) is 6.52. The van der Waals surface area contributed by atoms with Gasteiger partial charge in [0.15, 0.2) is 12.4 Å². The van der Waals surface area contributed by atoms with Gasteiger partial charge in [-0.3, -0.25) is 9.59 Å². The standard InChI is InChI=1S/C21H24N4O3/c1-15-7-9-16(10-8-15)22-20(26)14-25(11-12-28-2)13-19-23-18-6-4-3-5-17(18)21(27)24-19/h3-10H,11-14H2,1-2H3,(H,22,26)(H,23,24,27)/p+1. The third-order valence-electron chi connectivity index (χ3n) is 4.48.